The normalized spacial score (nSPS) is 18.5. The van der Waals surface area contributed by atoms with Gasteiger partial charge in [-0.05, 0) is 81.7 Å². The zero-order valence-corrected chi connectivity index (χ0v) is 22.3. The second-order valence-corrected chi connectivity index (χ2v) is 11.5. The molecule has 34 heavy (non-hydrogen) atoms. The zero-order chi connectivity index (χ0) is 23.9. The minimum atomic E-state index is 0.541. The van der Waals surface area contributed by atoms with E-state index in [1.165, 1.54) is 86.5 Å². The fourth-order valence-electron chi connectivity index (χ4n) is 6.53. The molecule has 0 radical (unpaired) electrons. The van der Waals surface area contributed by atoms with Crippen molar-refractivity contribution in [2.75, 3.05) is 0 Å². The molecule has 2 heteroatoms. The van der Waals surface area contributed by atoms with Crippen LogP contribution in [0.3, 0.4) is 0 Å². The minimum Gasteiger partial charge on any atom is -0.294 e. The first-order chi connectivity index (χ1) is 16.5. The van der Waals surface area contributed by atoms with Crippen LogP contribution >= 0.6 is 0 Å². The molecule has 0 unspecified atom stereocenters. The molecule has 186 valence electrons. The Hall–Kier alpha value is -1.64. The summed E-state index contributed by atoms with van der Waals surface area (Å²) in [6, 6.07) is 21.2. The summed E-state index contributed by atoms with van der Waals surface area (Å²) in [5, 5.41) is 0. The van der Waals surface area contributed by atoms with Gasteiger partial charge >= 0.3 is 0 Å². The number of benzene rings is 2. The molecule has 0 saturated heterocycles. The molecule has 0 atom stereocenters. The van der Waals surface area contributed by atoms with E-state index in [2.05, 4.69) is 86.0 Å². The summed E-state index contributed by atoms with van der Waals surface area (Å²) in [6.45, 7) is 11.4. The highest BCUT2D eigenvalue weighted by molar-refractivity contribution is 5.68. The second kappa shape index (κ2) is 12.4. The van der Waals surface area contributed by atoms with Gasteiger partial charge in [-0.3, -0.25) is 9.80 Å². The number of nitrogens with zero attached hydrogens (tertiary/aromatic N) is 2. The maximum Gasteiger partial charge on any atom is 0.0245 e. The molecule has 2 nitrogen and oxygen atoms in total. The van der Waals surface area contributed by atoms with Crippen LogP contribution in [-0.2, 0) is 13.1 Å². The lowest BCUT2D eigenvalue weighted by molar-refractivity contribution is 0.0731. The van der Waals surface area contributed by atoms with Crippen LogP contribution in [0, 0.1) is 0 Å². The molecular formula is C32H48N2. The van der Waals surface area contributed by atoms with E-state index in [4.69, 9.17) is 0 Å². The molecule has 0 spiro atoms. The average molecular weight is 461 g/mol. The van der Waals surface area contributed by atoms with Crippen molar-refractivity contribution in [2.24, 2.45) is 0 Å². The number of rotatable bonds is 9. The molecule has 0 aromatic heterocycles. The lowest BCUT2D eigenvalue weighted by atomic mass is 9.88. The van der Waals surface area contributed by atoms with E-state index in [1.54, 1.807) is 0 Å². The van der Waals surface area contributed by atoms with Crippen LogP contribution in [0.25, 0.3) is 11.1 Å². The van der Waals surface area contributed by atoms with Crippen molar-refractivity contribution in [3.05, 3.63) is 59.7 Å². The first kappa shape index (κ1) is 25.5. The Morgan fingerprint density at radius 3 is 1.85 bits per heavy atom. The summed E-state index contributed by atoms with van der Waals surface area (Å²) in [5.74, 6) is 0. The van der Waals surface area contributed by atoms with Crippen molar-refractivity contribution >= 4 is 0 Å². The highest BCUT2D eigenvalue weighted by atomic mass is 15.2. The summed E-state index contributed by atoms with van der Waals surface area (Å²) in [5.41, 5.74) is 5.72. The Morgan fingerprint density at radius 1 is 0.676 bits per heavy atom. The van der Waals surface area contributed by atoms with Crippen molar-refractivity contribution in [2.45, 2.75) is 129 Å². The molecule has 0 aliphatic heterocycles. The van der Waals surface area contributed by atoms with Crippen LogP contribution in [0.1, 0.15) is 103 Å². The molecule has 2 aliphatic carbocycles. The molecule has 2 saturated carbocycles. The highest BCUT2D eigenvalue weighted by Gasteiger charge is 2.29. The summed E-state index contributed by atoms with van der Waals surface area (Å²) in [7, 11) is 0. The van der Waals surface area contributed by atoms with Gasteiger partial charge in [0.05, 0.1) is 0 Å². The van der Waals surface area contributed by atoms with Gasteiger partial charge in [0.25, 0.3) is 0 Å². The third kappa shape index (κ3) is 6.52. The Kier molecular flexibility index (Phi) is 9.25. The monoisotopic (exact) mass is 460 g/mol. The van der Waals surface area contributed by atoms with E-state index in [0.717, 1.165) is 25.2 Å². The maximum atomic E-state index is 2.93. The van der Waals surface area contributed by atoms with Crippen LogP contribution in [0.2, 0.25) is 0 Å². The maximum absolute atomic E-state index is 2.93. The van der Waals surface area contributed by atoms with E-state index in [0.29, 0.717) is 12.1 Å². The van der Waals surface area contributed by atoms with E-state index in [9.17, 15) is 0 Å². The lowest BCUT2D eigenvalue weighted by Gasteiger charge is -2.42. The molecule has 2 aromatic carbocycles. The van der Waals surface area contributed by atoms with Crippen molar-refractivity contribution in [1.82, 2.24) is 9.80 Å². The van der Waals surface area contributed by atoms with Gasteiger partial charge in [-0.1, -0.05) is 81.0 Å². The Morgan fingerprint density at radius 2 is 1.26 bits per heavy atom. The molecule has 0 amide bonds. The molecule has 0 N–H and O–H groups in total. The van der Waals surface area contributed by atoms with E-state index in [1.807, 2.05) is 0 Å². The fourth-order valence-corrected chi connectivity index (χ4v) is 6.53. The van der Waals surface area contributed by atoms with E-state index < -0.39 is 0 Å². The van der Waals surface area contributed by atoms with E-state index in [-0.39, 0.29) is 0 Å². The third-order valence-electron chi connectivity index (χ3n) is 8.39. The van der Waals surface area contributed by atoms with Gasteiger partial charge in [-0.15, -0.1) is 0 Å². The lowest BCUT2D eigenvalue weighted by Crippen LogP contribution is -2.44. The highest BCUT2D eigenvalue weighted by Crippen LogP contribution is 2.33. The molecular weight excluding hydrogens is 412 g/mol. The molecule has 0 bridgehead atoms. The van der Waals surface area contributed by atoms with Crippen molar-refractivity contribution in [3.8, 4) is 11.1 Å². The van der Waals surface area contributed by atoms with Crippen LogP contribution < -0.4 is 0 Å². The summed E-state index contributed by atoms with van der Waals surface area (Å²) in [6.07, 6.45) is 14.2. The average Bonchev–Trinajstić information content (AvgIpc) is 2.87. The van der Waals surface area contributed by atoms with Gasteiger partial charge in [-0.25, -0.2) is 0 Å². The standard InChI is InChI=1S/C32H48N2/c1-25(2)33(26(3)4)24-29-15-11-12-21-32(29)28-16-13-14-27(22-28)23-34(30-17-7-5-8-18-30)31-19-9-6-10-20-31/h11-16,21-22,25-26,30-31H,5-10,17-20,23-24H2,1-4H3. The Bertz CT molecular complexity index is 848. The zero-order valence-electron chi connectivity index (χ0n) is 22.3. The van der Waals surface area contributed by atoms with Gasteiger partial charge in [0.1, 0.15) is 0 Å². The van der Waals surface area contributed by atoms with E-state index >= 15 is 0 Å². The van der Waals surface area contributed by atoms with Crippen molar-refractivity contribution < 1.29 is 0 Å². The first-order valence-corrected chi connectivity index (χ1v) is 14.2. The van der Waals surface area contributed by atoms with Crippen molar-refractivity contribution in [3.63, 3.8) is 0 Å². The smallest absolute Gasteiger partial charge is 0.0245 e. The van der Waals surface area contributed by atoms with Crippen LogP contribution in [0.4, 0.5) is 0 Å². The minimum absolute atomic E-state index is 0.541. The molecule has 0 heterocycles. The Labute approximate surface area is 209 Å². The second-order valence-electron chi connectivity index (χ2n) is 11.5. The van der Waals surface area contributed by atoms with Gasteiger partial charge < -0.3 is 0 Å². The molecule has 2 aromatic rings. The SMILES string of the molecule is CC(C)N(Cc1ccccc1-c1cccc(CN(C2CCCCC2)C2CCCCC2)c1)C(C)C. The predicted molar refractivity (Wildman–Crippen MR) is 147 cm³/mol. The van der Waals surface area contributed by atoms with Crippen LogP contribution in [0.5, 0.6) is 0 Å². The molecule has 2 aliphatic rings. The molecule has 4 rings (SSSR count). The first-order valence-electron chi connectivity index (χ1n) is 14.2. The van der Waals surface area contributed by atoms with Gasteiger partial charge in [-0.2, -0.15) is 0 Å². The number of hydrogen-bond acceptors (Lipinski definition) is 2. The largest absolute Gasteiger partial charge is 0.294 e. The topological polar surface area (TPSA) is 6.48 Å². The summed E-state index contributed by atoms with van der Waals surface area (Å²) < 4.78 is 0. The Balaban J connectivity index is 1.57. The van der Waals surface area contributed by atoms with Crippen LogP contribution in [0.15, 0.2) is 48.5 Å². The van der Waals surface area contributed by atoms with Crippen molar-refractivity contribution in [1.29, 1.82) is 0 Å². The predicted octanol–water partition coefficient (Wildman–Crippen LogP) is 8.44. The molecule has 2 fully saturated rings. The number of hydrogen-bond donors (Lipinski definition) is 0. The third-order valence-corrected chi connectivity index (χ3v) is 8.39. The van der Waals surface area contributed by atoms with Gasteiger partial charge in [0, 0.05) is 37.3 Å². The summed E-state index contributed by atoms with van der Waals surface area (Å²) >= 11 is 0. The van der Waals surface area contributed by atoms with Gasteiger partial charge in [0.15, 0.2) is 0 Å². The quantitative estimate of drug-likeness (QED) is 0.370. The summed E-state index contributed by atoms with van der Waals surface area (Å²) in [4.78, 5) is 5.53. The fraction of sp³-hybridized carbons (Fsp3) is 0.625. The van der Waals surface area contributed by atoms with Gasteiger partial charge in [0.2, 0.25) is 0 Å². The van der Waals surface area contributed by atoms with Crippen LogP contribution in [-0.4, -0.2) is 34.0 Å².